The predicted molar refractivity (Wildman–Crippen MR) is 79.4 cm³/mol. The fraction of sp³-hybridized carbons (Fsp3) is 0.267. The summed E-state index contributed by atoms with van der Waals surface area (Å²) in [6, 6.07) is 6.28. The molecule has 7 heteroatoms. The molecule has 0 aliphatic carbocycles. The number of nitrogens with zero attached hydrogens (tertiary/aromatic N) is 3. The minimum Gasteiger partial charge on any atom is -0.368 e. The van der Waals surface area contributed by atoms with Gasteiger partial charge in [0.2, 0.25) is 0 Å². The second kappa shape index (κ2) is 5.97. The van der Waals surface area contributed by atoms with Crippen LogP contribution in [-0.4, -0.2) is 47.0 Å². The molecule has 22 heavy (non-hydrogen) atoms. The molecule has 0 radical (unpaired) electrons. The maximum absolute atomic E-state index is 12.9. The first-order valence-corrected chi connectivity index (χ1v) is 6.97. The summed E-state index contributed by atoms with van der Waals surface area (Å²) in [5.74, 6) is -0.582. The van der Waals surface area contributed by atoms with Crippen molar-refractivity contribution in [2.24, 2.45) is 0 Å². The van der Waals surface area contributed by atoms with Crippen LogP contribution in [0.2, 0.25) is 0 Å². The molecule has 0 bridgehead atoms. The zero-order valence-electron chi connectivity index (χ0n) is 11.8. The minimum absolute atomic E-state index is 0.0535. The SMILES string of the molecule is O=C(c1cnc[nH]c1=O)N1CCN(c2ccc(F)cc2)CC1. The van der Waals surface area contributed by atoms with E-state index in [1.807, 2.05) is 0 Å². The zero-order chi connectivity index (χ0) is 15.5. The summed E-state index contributed by atoms with van der Waals surface area (Å²) in [7, 11) is 0. The number of nitrogens with one attached hydrogen (secondary N) is 1. The molecule has 114 valence electrons. The van der Waals surface area contributed by atoms with E-state index in [4.69, 9.17) is 0 Å². The lowest BCUT2D eigenvalue weighted by molar-refractivity contribution is 0.0744. The number of anilines is 1. The summed E-state index contributed by atoms with van der Waals surface area (Å²) in [6.45, 7) is 2.28. The number of halogens is 1. The van der Waals surface area contributed by atoms with Crippen LogP contribution in [0.1, 0.15) is 10.4 Å². The second-order valence-electron chi connectivity index (χ2n) is 5.05. The first kappa shape index (κ1) is 14.2. The molecule has 2 heterocycles. The third-order valence-electron chi connectivity index (χ3n) is 3.71. The van der Waals surface area contributed by atoms with Crippen LogP contribution in [0.15, 0.2) is 41.6 Å². The maximum Gasteiger partial charge on any atom is 0.263 e. The molecule has 1 aliphatic heterocycles. The molecule has 1 aromatic carbocycles. The normalized spacial score (nSPS) is 15.0. The van der Waals surface area contributed by atoms with Crippen molar-refractivity contribution < 1.29 is 9.18 Å². The van der Waals surface area contributed by atoms with Crippen molar-refractivity contribution in [1.82, 2.24) is 14.9 Å². The molecule has 0 saturated carbocycles. The number of carbonyl (C=O) groups excluding carboxylic acids is 1. The van der Waals surface area contributed by atoms with E-state index in [-0.39, 0.29) is 17.3 Å². The smallest absolute Gasteiger partial charge is 0.263 e. The average Bonchev–Trinajstić information content (AvgIpc) is 2.56. The van der Waals surface area contributed by atoms with Gasteiger partial charge >= 0.3 is 0 Å². The van der Waals surface area contributed by atoms with Crippen molar-refractivity contribution >= 4 is 11.6 Å². The number of hydrogen-bond donors (Lipinski definition) is 1. The van der Waals surface area contributed by atoms with E-state index in [0.717, 1.165) is 5.69 Å². The summed E-state index contributed by atoms with van der Waals surface area (Å²) in [5.41, 5.74) is 0.548. The molecular weight excluding hydrogens is 287 g/mol. The number of piperazine rings is 1. The van der Waals surface area contributed by atoms with E-state index in [1.54, 1.807) is 17.0 Å². The molecule has 0 spiro atoms. The molecular formula is C15H15FN4O2. The third-order valence-corrected chi connectivity index (χ3v) is 3.71. The number of aromatic nitrogens is 2. The highest BCUT2D eigenvalue weighted by atomic mass is 19.1. The fourth-order valence-corrected chi connectivity index (χ4v) is 2.49. The summed E-state index contributed by atoms with van der Waals surface area (Å²) in [6.07, 6.45) is 2.54. The van der Waals surface area contributed by atoms with Gasteiger partial charge in [-0.15, -0.1) is 0 Å². The Balaban J connectivity index is 1.67. The highest BCUT2D eigenvalue weighted by Gasteiger charge is 2.24. The van der Waals surface area contributed by atoms with Gasteiger partial charge in [-0.25, -0.2) is 9.37 Å². The van der Waals surface area contributed by atoms with Gasteiger partial charge in [-0.05, 0) is 24.3 Å². The molecule has 1 aliphatic rings. The molecule has 1 N–H and O–H groups in total. The van der Waals surface area contributed by atoms with Gasteiger partial charge < -0.3 is 14.8 Å². The lowest BCUT2D eigenvalue weighted by Gasteiger charge is -2.36. The van der Waals surface area contributed by atoms with Gasteiger partial charge in [0.15, 0.2) is 0 Å². The Kier molecular flexibility index (Phi) is 3.86. The minimum atomic E-state index is -0.430. The topological polar surface area (TPSA) is 69.3 Å². The standard InChI is InChI=1S/C15H15FN4O2/c16-11-1-3-12(4-2-11)19-5-7-20(8-6-19)15(22)13-9-17-10-18-14(13)21/h1-4,9-10H,5-8H2,(H,17,18,21). The summed E-state index contributed by atoms with van der Waals surface area (Å²) < 4.78 is 12.9. The summed E-state index contributed by atoms with van der Waals surface area (Å²) in [5, 5.41) is 0. The third kappa shape index (κ3) is 2.83. The zero-order valence-corrected chi connectivity index (χ0v) is 11.8. The van der Waals surface area contributed by atoms with Crippen molar-refractivity contribution in [3.8, 4) is 0 Å². The number of amides is 1. The lowest BCUT2D eigenvalue weighted by Crippen LogP contribution is -2.49. The number of benzene rings is 1. The van der Waals surface area contributed by atoms with Crippen LogP contribution in [0, 0.1) is 5.82 Å². The summed E-state index contributed by atoms with van der Waals surface area (Å²) >= 11 is 0. The highest BCUT2D eigenvalue weighted by molar-refractivity contribution is 5.93. The highest BCUT2D eigenvalue weighted by Crippen LogP contribution is 2.17. The lowest BCUT2D eigenvalue weighted by atomic mass is 10.2. The van der Waals surface area contributed by atoms with Gasteiger partial charge in [0.25, 0.3) is 11.5 Å². The van der Waals surface area contributed by atoms with Gasteiger partial charge in [-0.3, -0.25) is 9.59 Å². The Morgan fingerprint density at radius 2 is 1.82 bits per heavy atom. The maximum atomic E-state index is 12.9. The molecule has 6 nitrogen and oxygen atoms in total. The number of H-pyrrole nitrogens is 1. The van der Waals surface area contributed by atoms with Crippen molar-refractivity contribution in [2.75, 3.05) is 31.1 Å². The first-order chi connectivity index (χ1) is 10.6. The van der Waals surface area contributed by atoms with Crippen LogP contribution in [0.25, 0.3) is 0 Å². The molecule has 0 unspecified atom stereocenters. The predicted octanol–water partition coefficient (Wildman–Crippen LogP) is 0.871. The van der Waals surface area contributed by atoms with Crippen LogP contribution in [0.3, 0.4) is 0 Å². The van der Waals surface area contributed by atoms with Gasteiger partial charge in [-0.2, -0.15) is 0 Å². The Bertz CT molecular complexity index is 721. The molecule has 2 aromatic rings. The molecule has 1 amide bonds. The van der Waals surface area contributed by atoms with Crippen LogP contribution in [0.4, 0.5) is 10.1 Å². The Morgan fingerprint density at radius 1 is 1.14 bits per heavy atom. The van der Waals surface area contributed by atoms with E-state index in [1.165, 1.54) is 24.7 Å². The van der Waals surface area contributed by atoms with Crippen LogP contribution >= 0.6 is 0 Å². The Labute approximate surface area is 126 Å². The van der Waals surface area contributed by atoms with Crippen LogP contribution in [-0.2, 0) is 0 Å². The van der Waals surface area contributed by atoms with Crippen molar-refractivity contribution in [2.45, 2.75) is 0 Å². The Morgan fingerprint density at radius 3 is 2.45 bits per heavy atom. The first-order valence-electron chi connectivity index (χ1n) is 6.97. The van der Waals surface area contributed by atoms with E-state index in [9.17, 15) is 14.0 Å². The molecule has 1 aromatic heterocycles. The Hall–Kier alpha value is -2.70. The van der Waals surface area contributed by atoms with E-state index >= 15 is 0 Å². The molecule has 3 rings (SSSR count). The number of hydrogen-bond acceptors (Lipinski definition) is 4. The number of carbonyl (C=O) groups is 1. The van der Waals surface area contributed by atoms with Gasteiger partial charge in [0.05, 0.1) is 6.33 Å². The van der Waals surface area contributed by atoms with Crippen molar-refractivity contribution in [3.05, 3.63) is 58.5 Å². The quantitative estimate of drug-likeness (QED) is 0.894. The second-order valence-corrected chi connectivity index (χ2v) is 5.05. The van der Waals surface area contributed by atoms with Crippen molar-refractivity contribution in [1.29, 1.82) is 0 Å². The van der Waals surface area contributed by atoms with E-state index in [2.05, 4.69) is 14.9 Å². The molecule has 1 saturated heterocycles. The number of aromatic amines is 1. The monoisotopic (exact) mass is 302 g/mol. The van der Waals surface area contributed by atoms with Crippen LogP contribution in [0.5, 0.6) is 0 Å². The molecule has 0 atom stereocenters. The fourth-order valence-electron chi connectivity index (χ4n) is 2.49. The van der Waals surface area contributed by atoms with Gasteiger partial charge in [-0.1, -0.05) is 0 Å². The van der Waals surface area contributed by atoms with Crippen LogP contribution < -0.4 is 10.5 Å². The summed E-state index contributed by atoms with van der Waals surface area (Å²) in [4.78, 5) is 33.8. The largest absolute Gasteiger partial charge is 0.368 e. The molecule has 1 fully saturated rings. The van der Waals surface area contributed by atoms with Crippen molar-refractivity contribution in [3.63, 3.8) is 0 Å². The van der Waals surface area contributed by atoms with E-state index in [0.29, 0.717) is 26.2 Å². The van der Waals surface area contributed by atoms with Gasteiger partial charge in [0.1, 0.15) is 11.4 Å². The average molecular weight is 302 g/mol. The van der Waals surface area contributed by atoms with E-state index < -0.39 is 5.56 Å². The van der Waals surface area contributed by atoms with Gasteiger partial charge in [0, 0.05) is 38.1 Å². The number of rotatable bonds is 2.